The second kappa shape index (κ2) is 12.7. The van der Waals surface area contributed by atoms with Crippen LogP contribution in [-0.4, -0.2) is 69.4 Å². The van der Waals surface area contributed by atoms with Crippen LogP contribution in [0.15, 0.2) is 48.5 Å². The van der Waals surface area contributed by atoms with Crippen LogP contribution in [-0.2, 0) is 25.5 Å². The van der Waals surface area contributed by atoms with E-state index in [1.54, 1.807) is 32.9 Å². The van der Waals surface area contributed by atoms with E-state index in [9.17, 15) is 29.1 Å². The molecule has 0 bridgehead atoms. The summed E-state index contributed by atoms with van der Waals surface area (Å²) in [5.74, 6) is -3.43. The van der Waals surface area contributed by atoms with Gasteiger partial charge < -0.3 is 30.7 Å². The number of likely N-dealkylation sites (tertiary alicyclic amines) is 2. The Hall–Kier alpha value is -4.41. The molecule has 0 saturated carbocycles. The van der Waals surface area contributed by atoms with Crippen LogP contribution >= 0.6 is 0 Å². The summed E-state index contributed by atoms with van der Waals surface area (Å²) in [7, 11) is 0. The summed E-state index contributed by atoms with van der Waals surface area (Å²) in [6.45, 7) is 10.6. The molecule has 0 aromatic heterocycles. The van der Waals surface area contributed by atoms with Crippen molar-refractivity contribution in [3.05, 3.63) is 65.2 Å². The summed E-state index contributed by atoms with van der Waals surface area (Å²) < 4.78 is 5.76. The fraction of sp³-hybridized carbons (Fsp3) is 0.485. The Morgan fingerprint density at radius 3 is 2.32 bits per heavy atom. The van der Waals surface area contributed by atoms with E-state index in [0.717, 1.165) is 12.8 Å². The highest BCUT2D eigenvalue weighted by Crippen LogP contribution is 2.44. The van der Waals surface area contributed by atoms with E-state index >= 15 is 0 Å². The van der Waals surface area contributed by atoms with Crippen molar-refractivity contribution in [2.24, 2.45) is 17.1 Å². The van der Waals surface area contributed by atoms with Crippen LogP contribution in [0.2, 0.25) is 0 Å². The molecule has 4 amide bonds. The molecule has 2 fully saturated rings. The average molecular weight is 607 g/mol. The predicted molar refractivity (Wildman–Crippen MR) is 164 cm³/mol. The van der Waals surface area contributed by atoms with Crippen molar-refractivity contribution in [2.45, 2.75) is 78.0 Å². The van der Waals surface area contributed by atoms with Crippen molar-refractivity contribution < 1.29 is 33.8 Å². The molecule has 2 saturated heterocycles. The highest BCUT2D eigenvalue weighted by molar-refractivity contribution is 5.98. The molecule has 2 aliphatic rings. The number of benzene rings is 2. The second-order valence-electron chi connectivity index (χ2n) is 13.4. The Bertz CT molecular complexity index is 1430. The Morgan fingerprint density at radius 2 is 1.73 bits per heavy atom. The van der Waals surface area contributed by atoms with E-state index in [0.29, 0.717) is 18.7 Å². The first kappa shape index (κ1) is 32.5. The number of aromatic carboxylic acids is 1. The number of ether oxygens (including phenoxy) is 1. The van der Waals surface area contributed by atoms with Gasteiger partial charge in [0.05, 0.1) is 23.9 Å². The Balaban J connectivity index is 1.82. The average Bonchev–Trinajstić information content (AvgIpc) is 3.33. The van der Waals surface area contributed by atoms with Crippen LogP contribution < -0.4 is 11.1 Å². The third-order valence-electron chi connectivity index (χ3n) is 8.12. The number of carboxylic acid groups (broad SMARTS) is 1. The number of amides is 4. The molecule has 2 heterocycles. The number of carboxylic acids is 1. The molecular weight excluding hydrogens is 564 g/mol. The van der Waals surface area contributed by atoms with Crippen LogP contribution in [0.3, 0.4) is 0 Å². The molecule has 236 valence electrons. The second-order valence-corrected chi connectivity index (χ2v) is 13.4. The fourth-order valence-electron chi connectivity index (χ4n) is 6.37. The normalized spacial score (nSPS) is 21.4. The van der Waals surface area contributed by atoms with Crippen molar-refractivity contribution in [3.63, 3.8) is 0 Å². The first-order valence-corrected chi connectivity index (χ1v) is 14.9. The minimum absolute atomic E-state index is 0.0334. The van der Waals surface area contributed by atoms with Gasteiger partial charge in [0.1, 0.15) is 11.6 Å². The minimum atomic E-state index is -1.30. The zero-order valence-electron chi connectivity index (χ0n) is 26.0. The van der Waals surface area contributed by atoms with Gasteiger partial charge in [-0.05, 0) is 68.7 Å². The topological polar surface area (TPSA) is 159 Å². The molecule has 2 aliphatic heterocycles. The lowest BCUT2D eigenvalue weighted by Crippen LogP contribution is -2.47. The lowest BCUT2D eigenvalue weighted by atomic mass is 9.83. The molecule has 0 spiro atoms. The summed E-state index contributed by atoms with van der Waals surface area (Å²) >= 11 is 0. The van der Waals surface area contributed by atoms with E-state index in [1.807, 2.05) is 23.1 Å². The molecule has 11 nitrogen and oxygen atoms in total. The maximum absolute atomic E-state index is 14.4. The first-order chi connectivity index (χ1) is 20.6. The van der Waals surface area contributed by atoms with Crippen LogP contribution in [0, 0.1) is 11.3 Å². The quantitative estimate of drug-likeness (QED) is 0.395. The summed E-state index contributed by atoms with van der Waals surface area (Å²) in [6.07, 6.45) is 1.40. The van der Waals surface area contributed by atoms with E-state index in [1.165, 1.54) is 23.1 Å². The van der Waals surface area contributed by atoms with Crippen molar-refractivity contribution in [2.75, 3.05) is 18.4 Å². The predicted octanol–water partition coefficient (Wildman–Crippen LogP) is 4.37. The maximum Gasteiger partial charge on any atom is 0.336 e. The molecule has 2 aromatic carbocycles. The van der Waals surface area contributed by atoms with Gasteiger partial charge in [-0.2, -0.15) is 0 Å². The molecule has 0 radical (unpaired) electrons. The van der Waals surface area contributed by atoms with Crippen molar-refractivity contribution in [1.29, 1.82) is 0 Å². The highest BCUT2D eigenvalue weighted by atomic mass is 16.6. The number of hydrogen-bond acceptors (Lipinski definition) is 6. The summed E-state index contributed by atoms with van der Waals surface area (Å²) in [6, 6.07) is 10.4. The molecular formula is C33H42N4O7. The number of carbonyl (C=O) groups excluding carboxylic acids is 4. The standard InChI is InChI=1S/C33H42N4O7/c1-32(2,3)44-30(42)25-17-23(28(39)36-16-10-15-33(4,5)19-36)27(20-11-7-6-8-12-20)37(25)26(38)18-22-21(29(40)41)13-9-14-24(22)35-31(34)43/h6-9,11-14,23,25,27H,10,15-19H2,1-5H3,(H,40,41)(H3,34,35,43). The summed E-state index contributed by atoms with van der Waals surface area (Å²) in [5, 5.41) is 12.3. The van der Waals surface area contributed by atoms with E-state index in [2.05, 4.69) is 19.2 Å². The number of nitrogens with zero attached hydrogens (tertiary/aromatic N) is 2. The molecule has 4 N–H and O–H groups in total. The number of anilines is 1. The molecule has 0 aliphatic carbocycles. The number of piperidine rings is 1. The number of primary amides is 1. The first-order valence-electron chi connectivity index (χ1n) is 14.9. The Morgan fingerprint density at radius 1 is 1.05 bits per heavy atom. The number of nitrogens with one attached hydrogen (secondary N) is 1. The van der Waals surface area contributed by atoms with Gasteiger partial charge in [-0.1, -0.05) is 50.2 Å². The fourth-order valence-corrected chi connectivity index (χ4v) is 6.37. The number of esters is 1. The van der Waals surface area contributed by atoms with E-state index < -0.39 is 53.9 Å². The lowest BCUT2D eigenvalue weighted by molar-refractivity contribution is -0.164. The van der Waals surface area contributed by atoms with Gasteiger partial charge in [0.2, 0.25) is 11.8 Å². The molecule has 3 atom stereocenters. The van der Waals surface area contributed by atoms with Crippen LogP contribution in [0.4, 0.5) is 10.5 Å². The molecule has 2 aromatic rings. The van der Waals surface area contributed by atoms with Gasteiger partial charge in [0.15, 0.2) is 0 Å². The van der Waals surface area contributed by atoms with Gasteiger partial charge in [0, 0.05) is 18.8 Å². The van der Waals surface area contributed by atoms with Crippen molar-refractivity contribution >= 4 is 35.5 Å². The van der Waals surface area contributed by atoms with Gasteiger partial charge in [0.25, 0.3) is 0 Å². The van der Waals surface area contributed by atoms with Crippen molar-refractivity contribution in [3.8, 4) is 0 Å². The largest absolute Gasteiger partial charge is 0.478 e. The van der Waals surface area contributed by atoms with E-state index in [4.69, 9.17) is 10.5 Å². The number of carbonyl (C=O) groups is 5. The molecule has 11 heteroatoms. The molecule has 4 rings (SSSR count). The van der Waals surface area contributed by atoms with Crippen molar-refractivity contribution in [1.82, 2.24) is 9.80 Å². The lowest BCUT2D eigenvalue weighted by Gasteiger charge is -2.40. The highest BCUT2D eigenvalue weighted by Gasteiger charge is 2.52. The van der Waals surface area contributed by atoms with Gasteiger partial charge in [-0.25, -0.2) is 14.4 Å². The maximum atomic E-state index is 14.4. The molecule has 3 unspecified atom stereocenters. The zero-order valence-corrected chi connectivity index (χ0v) is 26.0. The van der Waals surface area contributed by atoms with Gasteiger partial charge in [-0.15, -0.1) is 0 Å². The van der Waals surface area contributed by atoms with Gasteiger partial charge in [-0.3, -0.25) is 9.59 Å². The minimum Gasteiger partial charge on any atom is -0.478 e. The Labute approximate surface area is 257 Å². The molecule has 44 heavy (non-hydrogen) atoms. The third-order valence-corrected chi connectivity index (χ3v) is 8.12. The third kappa shape index (κ3) is 7.38. The summed E-state index contributed by atoms with van der Waals surface area (Å²) in [4.78, 5) is 69.5. The van der Waals surface area contributed by atoms with E-state index in [-0.39, 0.29) is 34.6 Å². The van der Waals surface area contributed by atoms with Gasteiger partial charge >= 0.3 is 18.0 Å². The number of nitrogens with two attached hydrogens (primary N) is 1. The SMILES string of the molecule is CC1(C)CCCN(C(=O)C2CC(C(=O)OC(C)(C)C)N(C(=O)Cc3c(NC(N)=O)cccc3C(=O)O)C2c2ccccc2)C1. The van der Waals surface area contributed by atoms with Crippen LogP contribution in [0.5, 0.6) is 0 Å². The smallest absolute Gasteiger partial charge is 0.336 e. The zero-order chi connectivity index (χ0) is 32.4. The van der Waals surface area contributed by atoms with Crippen LogP contribution in [0.1, 0.15) is 81.4 Å². The summed E-state index contributed by atoms with van der Waals surface area (Å²) in [5.41, 5.74) is 4.98. The monoisotopic (exact) mass is 606 g/mol. The Kier molecular flexibility index (Phi) is 9.36. The van der Waals surface area contributed by atoms with Crippen LogP contribution in [0.25, 0.3) is 0 Å². The number of urea groups is 1. The number of rotatable bonds is 7. The number of hydrogen-bond donors (Lipinski definition) is 3.